The number of carbonyl (C=O) groups is 1. The van der Waals surface area contributed by atoms with Crippen LogP contribution in [0.25, 0.3) is 16.9 Å². The number of nitrogens with zero attached hydrogens (tertiary/aromatic N) is 4. The van der Waals surface area contributed by atoms with Crippen LogP contribution < -0.4 is 10.1 Å². The summed E-state index contributed by atoms with van der Waals surface area (Å²) in [6.07, 6.45) is 0.853. The fourth-order valence-corrected chi connectivity index (χ4v) is 2.82. The number of para-hydroxylation sites is 1. The average molecular weight is 394 g/mol. The second kappa shape index (κ2) is 7.66. The molecular formula is C20H16ClN5O2. The number of fused-ring (bicyclic) bond motifs is 1. The first-order valence-electron chi connectivity index (χ1n) is 8.60. The Hall–Kier alpha value is -3.45. The van der Waals surface area contributed by atoms with E-state index in [0.29, 0.717) is 22.1 Å². The van der Waals surface area contributed by atoms with Crippen molar-refractivity contribution in [3.63, 3.8) is 0 Å². The van der Waals surface area contributed by atoms with Crippen LogP contribution in [0, 0.1) is 0 Å². The average Bonchev–Trinajstić information content (AvgIpc) is 3.18. The van der Waals surface area contributed by atoms with Gasteiger partial charge in [0.25, 0.3) is 5.91 Å². The van der Waals surface area contributed by atoms with Crippen molar-refractivity contribution in [1.82, 2.24) is 19.8 Å². The maximum atomic E-state index is 12.4. The second-order valence-corrected chi connectivity index (χ2v) is 6.52. The Morgan fingerprint density at radius 3 is 2.68 bits per heavy atom. The summed E-state index contributed by atoms with van der Waals surface area (Å²) in [6, 6.07) is 18.2. The lowest BCUT2D eigenvalue weighted by molar-refractivity contribution is -0.122. The molecule has 0 bridgehead atoms. The molecule has 4 rings (SSSR count). The number of hydrogen-bond acceptors (Lipinski definition) is 5. The van der Waals surface area contributed by atoms with Crippen molar-refractivity contribution in [1.29, 1.82) is 0 Å². The van der Waals surface area contributed by atoms with Gasteiger partial charge in [-0.05, 0) is 43.3 Å². The largest absolute Gasteiger partial charge is 0.479 e. The van der Waals surface area contributed by atoms with Crippen molar-refractivity contribution in [2.75, 3.05) is 5.32 Å². The molecule has 1 unspecified atom stereocenters. The molecule has 0 radical (unpaired) electrons. The summed E-state index contributed by atoms with van der Waals surface area (Å²) in [5.41, 5.74) is 3.03. The molecule has 0 aliphatic heterocycles. The van der Waals surface area contributed by atoms with Crippen molar-refractivity contribution < 1.29 is 9.53 Å². The Morgan fingerprint density at radius 1 is 1.11 bits per heavy atom. The maximum absolute atomic E-state index is 12.4. The number of carbonyl (C=O) groups excluding carboxylic acids is 1. The predicted molar refractivity (Wildman–Crippen MR) is 106 cm³/mol. The zero-order valence-electron chi connectivity index (χ0n) is 14.9. The van der Waals surface area contributed by atoms with Gasteiger partial charge in [0.2, 0.25) is 0 Å². The zero-order chi connectivity index (χ0) is 19.5. The molecule has 0 aliphatic rings. The Bertz CT molecular complexity index is 1130. The smallest absolute Gasteiger partial charge is 0.265 e. The summed E-state index contributed by atoms with van der Waals surface area (Å²) in [4.78, 5) is 12.4. The van der Waals surface area contributed by atoms with Gasteiger partial charge in [0.05, 0.1) is 10.7 Å². The van der Waals surface area contributed by atoms with E-state index >= 15 is 0 Å². The maximum Gasteiger partial charge on any atom is 0.265 e. The van der Waals surface area contributed by atoms with E-state index in [1.54, 1.807) is 42.0 Å². The van der Waals surface area contributed by atoms with E-state index < -0.39 is 6.10 Å². The molecule has 0 saturated carbocycles. The molecule has 7 nitrogen and oxygen atoms in total. The Labute approximate surface area is 165 Å². The quantitative estimate of drug-likeness (QED) is 0.557. The van der Waals surface area contributed by atoms with Crippen molar-refractivity contribution in [2.24, 2.45) is 0 Å². The molecule has 8 heteroatoms. The Balaban J connectivity index is 1.43. The summed E-state index contributed by atoms with van der Waals surface area (Å²) < 4.78 is 7.25. The number of benzene rings is 2. The van der Waals surface area contributed by atoms with Crippen LogP contribution in [0.15, 0.2) is 67.0 Å². The van der Waals surface area contributed by atoms with Gasteiger partial charge in [-0.15, -0.1) is 10.2 Å². The van der Waals surface area contributed by atoms with Crippen LogP contribution in [0.4, 0.5) is 5.69 Å². The fraction of sp³-hybridized carbons (Fsp3) is 0.100. The molecule has 2 heterocycles. The van der Waals surface area contributed by atoms with Gasteiger partial charge in [-0.3, -0.25) is 4.79 Å². The second-order valence-electron chi connectivity index (χ2n) is 6.11. The van der Waals surface area contributed by atoms with E-state index in [1.165, 1.54) is 0 Å². The third-order valence-corrected chi connectivity index (χ3v) is 4.43. The molecule has 1 N–H and O–H groups in total. The number of anilines is 1. The number of nitrogens with one attached hydrogen (secondary N) is 1. The molecular weight excluding hydrogens is 378 g/mol. The standard InChI is InChI=1S/C20H16ClN5O2/c1-13(28-18-5-3-2-4-16(18)21)20(27)23-15-8-6-14(7-9-15)17-10-11-19-24-22-12-26(19)25-17/h2-13H,1H3,(H,23,27). The molecule has 28 heavy (non-hydrogen) atoms. The number of hydrogen-bond donors (Lipinski definition) is 1. The Morgan fingerprint density at radius 2 is 1.89 bits per heavy atom. The highest BCUT2D eigenvalue weighted by atomic mass is 35.5. The summed E-state index contributed by atoms with van der Waals surface area (Å²) in [7, 11) is 0. The van der Waals surface area contributed by atoms with E-state index in [2.05, 4.69) is 20.6 Å². The topological polar surface area (TPSA) is 81.4 Å². The minimum atomic E-state index is -0.697. The van der Waals surface area contributed by atoms with Gasteiger partial charge in [-0.1, -0.05) is 35.9 Å². The van der Waals surface area contributed by atoms with Crippen LogP contribution in [0.2, 0.25) is 5.02 Å². The highest BCUT2D eigenvalue weighted by molar-refractivity contribution is 6.32. The van der Waals surface area contributed by atoms with E-state index in [9.17, 15) is 4.79 Å². The molecule has 0 spiro atoms. The van der Waals surface area contributed by atoms with Crippen molar-refractivity contribution in [3.05, 3.63) is 72.0 Å². The summed E-state index contributed by atoms with van der Waals surface area (Å²) in [5.74, 6) is 0.203. The number of halogens is 1. The van der Waals surface area contributed by atoms with Gasteiger partial charge < -0.3 is 10.1 Å². The highest BCUT2D eigenvalue weighted by Gasteiger charge is 2.16. The molecule has 140 valence electrons. The van der Waals surface area contributed by atoms with E-state index in [-0.39, 0.29) is 5.91 Å². The van der Waals surface area contributed by atoms with Crippen molar-refractivity contribution in [3.8, 4) is 17.0 Å². The third kappa shape index (κ3) is 3.79. The summed E-state index contributed by atoms with van der Waals surface area (Å²) >= 11 is 6.07. The van der Waals surface area contributed by atoms with Gasteiger partial charge in [0.1, 0.15) is 12.1 Å². The first kappa shape index (κ1) is 17.9. The van der Waals surface area contributed by atoms with E-state index in [0.717, 1.165) is 11.3 Å². The number of amides is 1. The van der Waals surface area contributed by atoms with Crippen LogP contribution in [0.5, 0.6) is 5.75 Å². The lowest BCUT2D eigenvalue weighted by atomic mass is 10.1. The molecule has 0 saturated heterocycles. The first-order valence-corrected chi connectivity index (χ1v) is 8.97. The van der Waals surface area contributed by atoms with Gasteiger partial charge in [0.15, 0.2) is 11.8 Å². The minimum Gasteiger partial charge on any atom is -0.479 e. The van der Waals surface area contributed by atoms with Crippen LogP contribution in [0.3, 0.4) is 0 Å². The van der Waals surface area contributed by atoms with Crippen LogP contribution >= 0.6 is 11.6 Å². The number of ether oxygens (including phenoxy) is 1. The van der Waals surface area contributed by atoms with Crippen molar-refractivity contribution in [2.45, 2.75) is 13.0 Å². The van der Waals surface area contributed by atoms with Crippen LogP contribution in [-0.2, 0) is 4.79 Å². The van der Waals surface area contributed by atoms with Crippen LogP contribution in [0.1, 0.15) is 6.92 Å². The van der Waals surface area contributed by atoms with Gasteiger partial charge in [-0.25, -0.2) is 0 Å². The summed E-state index contributed by atoms with van der Waals surface area (Å²) in [5, 5.41) is 15.5. The molecule has 2 aromatic heterocycles. The lowest BCUT2D eigenvalue weighted by Crippen LogP contribution is -2.30. The van der Waals surface area contributed by atoms with Gasteiger partial charge in [0, 0.05) is 11.3 Å². The lowest BCUT2D eigenvalue weighted by Gasteiger charge is -2.15. The van der Waals surface area contributed by atoms with Gasteiger partial charge >= 0.3 is 0 Å². The third-order valence-electron chi connectivity index (χ3n) is 4.12. The van der Waals surface area contributed by atoms with Crippen LogP contribution in [-0.4, -0.2) is 31.8 Å². The molecule has 1 amide bonds. The zero-order valence-corrected chi connectivity index (χ0v) is 15.7. The van der Waals surface area contributed by atoms with Gasteiger partial charge in [-0.2, -0.15) is 9.61 Å². The Kier molecular flexibility index (Phi) is 4.90. The monoisotopic (exact) mass is 393 g/mol. The van der Waals surface area contributed by atoms with E-state index in [4.69, 9.17) is 16.3 Å². The predicted octanol–water partition coefficient (Wildman–Crippen LogP) is 3.85. The van der Waals surface area contributed by atoms with Crippen molar-refractivity contribution >= 4 is 28.8 Å². The minimum absolute atomic E-state index is 0.267. The number of rotatable bonds is 5. The molecule has 0 aliphatic carbocycles. The number of aromatic nitrogens is 4. The normalized spacial score (nSPS) is 11.9. The molecule has 1 atom stereocenters. The van der Waals surface area contributed by atoms with E-state index in [1.807, 2.05) is 36.4 Å². The SMILES string of the molecule is CC(Oc1ccccc1Cl)C(=O)Nc1ccc(-c2ccc3nncn3n2)cc1. The fourth-order valence-electron chi connectivity index (χ4n) is 2.63. The summed E-state index contributed by atoms with van der Waals surface area (Å²) in [6.45, 7) is 1.67. The molecule has 4 aromatic rings. The molecule has 2 aromatic carbocycles. The first-order chi connectivity index (χ1) is 13.6. The highest BCUT2D eigenvalue weighted by Crippen LogP contribution is 2.25. The molecule has 0 fully saturated rings.